The zero-order valence-corrected chi connectivity index (χ0v) is 10.1. The van der Waals surface area contributed by atoms with Crippen molar-refractivity contribution in [1.82, 2.24) is 10.6 Å². The monoisotopic (exact) mass is 226 g/mol. The molecule has 1 saturated carbocycles. The summed E-state index contributed by atoms with van der Waals surface area (Å²) < 4.78 is 5.16. The maximum atomic E-state index is 11.6. The van der Waals surface area contributed by atoms with Gasteiger partial charge in [-0.1, -0.05) is 13.3 Å². The molecule has 1 amide bonds. The predicted octanol–water partition coefficient (Wildman–Crippen LogP) is 2.00. The van der Waals surface area contributed by atoms with E-state index in [9.17, 15) is 4.79 Å². The molecule has 4 heteroatoms. The van der Waals surface area contributed by atoms with Gasteiger partial charge in [0.2, 0.25) is 0 Å². The summed E-state index contributed by atoms with van der Waals surface area (Å²) in [6.07, 6.45) is 6.39. The molecule has 2 atom stereocenters. The Morgan fingerprint density at radius 2 is 2.44 bits per heavy atom. The molecule has 2 fully saturated rings. The van der Waals surface area contributed by atoms with Crippen molar-refractivity contribution in [1.29, 1.82) is 0 Å². The van der Waals surface area contributed by atoms with Crippen molar-refractivity contribution in [2.75, 3.05) is 13.2 Å². The van der Waals surface area contributed by atoms with E-state index < -0.39 is 0 Å². The third kappa shape index (κ3) is 2.32. The fraction of sp³-hybridized carbons (Fsp3) is 0.917. The lowest BCUT2D eigenvalue weighted by Crippen LogP contribution is -2.57. The first-order valence-electron chi connectivity index (χ1n) is 6.47. The van der Waals surface area contributed by atoms with Gasteiger partial charge in [0, 0.05) is 0 Å². The molecule has 92 valence electrons. The SMILES string of the molecule is CCCCOC(=O)NC12CCCC1CCN2. The lowest BCUT2D eigenvalue weighted by atomic mass is 9.98. The molecule has 0 radical (unpaired) electrons. The Bertz CT molecular complexity index is 245. The fourth-order valence-corrected chi connectivity index (χ4v) is 2.91. The second-order valence-corrected chi connectivity index (χ2v) is 4.89. The lowest BCUT2D eigenvalue weighted by Gasteiger charge is -2.30. The van der Waals surface area contributed by atoms with Crippen LogP contribution >= 0.6 is 0 Å². The Kier molecular flexibility index (Phi) is 3.69. The first-order chi connectivity index (χ1) is 7.77. The topological polar surface area (TPSA) is 50.4 Å². The van der Waals surface area contributed by atoms with E-state index in [-0.39, 0.29) is 11.8 Å². The molecular weight excluding hydrogens is 204 g/mol. The summed E-state index contributed by atoms with van der Waals surface area (Å²) in [6, 6.07) is 0. The van der Waals surface area contributed by atoms with Gasteiger partial charge in [-0.3, -0.25) is 5.32 Å². The van der Waals surface area contributed by atoms with Gasteiger partial charge < -0.3 is 10.1 Å². The lowest BCUT2D eigenvalue weighted by molar-refractivity contribution is 0.122. The van der Waals surface area contributed by atoms with Crippen molar-refractivity contribution in [2.24, 2.45) is 5.92 Å². The maximum Gasteiger partial charge on any atom is 0.408 e. The van der Waals surface area contributed by atoms with Gasteiger partial charge in [-0.15, -0.1) is 0 Å². The number of alkyl carbamates (subject to hydrolysis) is 1. The highest BCUT2D eigenvalue weighted by Crippen LogP contribution is 2.39. The summed E-state index contributed by atoms with van der Waals surface area (Å²) in [4.78, 5) is 11.6. The van der Waals surface area contributed by atoms with E-state index in [4.69, 9.17) is 4.74 Å². The van der Waals surface area contributed by atoms with Crippen molar-refractivity contribution < 1.29 is 9.53 Å². The standard InChI is InChI=1S/C12H22N2O2/c1-2-3-9-16-11(15)14-12-7-4-5-10(12)6-8-13-12/h10,13H,2-9H2,1H3,(H,14,15). The van der Waals surface area contributed by atoms with Gasteiger partial charge in [0.05, 0.1) is 12.3 Å². The van der Waals surface area contributed by atoms with Crippen LogP contribution in [0.1, 0.15) is 45.4 Å². The highest BCUT2D eigenvalue weighted by atomic mass is 16.5. The second-order valence-electron chi connectivity index (χ2n) is 4.89. The van der Waals surface area contributed by atoms with E-state index >= 15 is 0 Å². The normalized spacial score (nSPS) is 32.4. The second kappa shape index (κ2) is 5.04. The van der Waals surface area contributed by atoms with Crippen molar-refractivity contribution in [2.45, 2.75) is 51.1 Å². The summed E-state index contributed by atoms with van der Waals surface area (Å²) >= 11 is 0. The van der Waals surface area contributed by atoms with Crippen LogP contribution in [0.4, 0.5) is 4.79 Å². The van der Waals surface area contributed by atoms with E-state index in [0.717, 1.165) is 25.8 Å². The Hall–Kier alpha value is -0.770. The zero-order valence-electron chi connectivity index (χ0n) is 10.1. The third-order valence-corrected chi connectivity index (χ3v) is 3.81. The van der Waals surface area contributed by atoms with Gasteiger partial charge in [-0.2, -0.15) is 0 Å². The number of carbonyl (C=O) groups excluding carboxylic acids is 1. The van der Waals surface area contributed by atoms with Crippen LogP contribution in [0.25, 0.3) is 0 Å². The smallest absolute Gasteiger partial charge is 0.408 e. The minimum atomic E-state index is -0.255. The number of ether oxygens (including phenoxy) is 1. The minimum Gasteiger partial charge on any atom is -0.450 e. The molecule has 16 heavy (non-hydrogen) atoms. The quantitative estimate of drug-likeness (QED) is 0.721. The van der Waals surface area contributed by atoms with Crippen LogP contribution in [0.3, 0.4) is 0 Å². The molecule has 0 aromatic rings. The van der Waals surface area contributed by atoms with Crippen LogP contribution < -0.4 is 10.6 Å². The van der Waals surface area contributed by atoms with Crippen LogP contribution in [0.15, 0.2) is 0 Å². The number of carbonyl (C=O) groups is 1. The average molecular weight is 226 g/mol. The summed E-state index contributed by atoms with van der Waals surface area (Å²) in [6.45, 7) is 3.63. The number of hydrogen-bond acceptors (Lipinski definition) is 3. The van der Waals surface area contributed by atoms with Crippen LogP contribution in [-0.2, 0) is 4.74 Å². The van der Waals surface area contributed by atoms with Crippen molar-refractivity contribution in [3.8, 4) is 0 Å². The molecule has 0 aromatic carbocycles. The van der Waals surface area contributed by atoms with Crippen molar-refractivity contribution in [3.05, 3.63) is 0 Å². The van der Waals surface area contributed by atoms with E-state index in [1.165, 1.54) is 19.3 Å². The summed E-state index contributed by atoms with van der Waals surface area (Å²) in [5, 5.41) is 6.48. The van der Waals surface area contributed by atoms with E-state index in [2.05, 4.69) is 17.6 Å². The van der Waals surface area contributed by atoms with Gasteiger partial charge >= 0.3 is 6.09 Å². The number of nitrogens with one attached hydrogen (secondary N) is 2. The van der Waals surface area contributed by atoms with Crippen LogP contribution in [0, 0.1) is 5.92 Å². The van der Waals surface area contributed by atoms with E-state index in [1.54, 1.807) is 0 Å². The van der Waals surface area contributed by atoms with Gasteiger partial charge in [0.1, 0.15) is 0 Å². The van der Waals surface area contributed by atoms with E-state index in [0.29, 0.717) is 12.5 Å². The van der Waals surface area contributed by atoms with Gasteiger partial charge in [-0.05, 0) is 44.6 Å². The molecule has 1 saturated heterocycles. The molecular formula is C12H22N2O2. The van der Waals surface area contributed by atoms with E-state index in [1.807, 2.05) is 0 Å². The molecule has 0 bridgehead atoms. The highest BCUT2D eigenvalue weighted by Gasteiger charge is 2.47. The number of amides is 1. The van der Waals surface area contributed by atoms with Crippen molar-refractivity contribution >= 4 is 6.09 Å². The molecule has 1 heterocycles. The largest absolute Gasteiger partial charge is 0.450 e. The first kappa shape index (κ1) is 11.7. The Labute approximate surface area is 97.1 Å². The summed E-state index contributed by atoms with van der Waals surface area (Å²) in [5.74, 6) is 0.603. The Balaban J connectivity index is 1.81. The highest BCUT2D eigenvalue weighted by molar-refractivity contribution is 5.68. The maximum absolute atomic E-state index is 11.6. The Morgan fingerprint density at radius 3 is 3.25 bits per heavy atom. The first-order valence-corrected chi connectivity index (χ1v) is 6.47. The number of hydrogen-bond donors (Lipinski definition) is 2. The van der Waals surface area contributed by atoms with Crippen LogP contribution in [0.2, 0.25) is 0 Å². The molecule has 1 aliphatic heterocycles. The minimum absolute atomic E-state index is 0.150. The molecule has 2 N–H and O–H groups in total. The molecule has 2 aliphatic rings. The Morgan fingerprint density at radius 1 is 1.56 bits per heavy atom. The molecule has 4 nitrogen and oxygen atoms in total. The van der Waals surface area contributed by atoms with Crippen molar-refractivity contribution in [3.63, 3.8) is 0 Å². The molecule has 1 aliphatic carbocycles. The predicted molar refractivity (Wildman–Crippen MR) is 62.1 cm³/mol. The zero-order chi connectivity index (χ0) is 11.4. The molecule has 0 spiro atoms. The van der Waals surface area contributed by atoms with Gasteiger partial charge in [0.15, 0.2) is 0 Å². The third-order valence-electron chi connectivity index (χ3n) is 3.81. The summed E-state index contributed by atoms with van der Waals surface area (Å²) in [7, 11) is 0. The van der Waals surface area contributed by atoms with Crippen LogP contribution in [-0.4, -0.2) is 24.9 Å². The number of fused-ring (bicyclic) bond motifs is 1. The fourth-order valence-electron chi connectivity index (χ4n) is 2.91. The molecule has 2 unspecified atom stereocenters. The average Bonchev–Trinajstić information content (AvgIpc) is 2.76. The molecule has 0 aromatic heterocycles. The number of unbranched alkanes of at least 4 members (excludes halogenated alkanes) is 1. The summed E-state index contributed by atoms with van der Waals surface area (Å²) in [5.41, 5.74) is -0.150. The van der Waals surface area contributed by atoms with Gasteiger partial charge in [-0.25, -0.2) is 4.79 Å². The molecule has 2 rings (SSSR count). The number of rotatable bonds is 4. The van der Waals surface area contributed by atoms with Crippen LogP contribution in [0.5, 0.6) is 0 Å². The van der Waals surface area contributed by atoms with Gasteiger partial charge in [0.25, 0.3) is 0 Å².